The normalized spacial score (nSPS) is 33.2. The molecule has 1 aromatic rings. The summed E-state index contributed by atoms with van der Waals surface area (Å²) in [5, 5.41) is 14.4. The van der Waals surface area contributed by atoms with Gasteiger partial charge in [-0.3, -0.25) is 14.9 Å². The molecule has 3 aliphatic heterocycles. The van der Waals surface area contributed by atoms with E-state index in [1.54, 1.807) is 45.2 Å². The van der Waals surface area contributed by atoms with Gasteiger partial charge in [-0.2, -0.15) is 0 Å². The summed E-state index contributed by atoms with van der Waals surface area (Å²) in [7, 11) is 5.97. The third-order valence-corrected chi connectivity index (χ3v) is 10.0. The van der Waals surface area contributed by atoms with Crippen LogP contribution in [-0.4, -0.2) is 104 Å². The van der Waals surface area contributed by atoms with E-state index < -0.39 is 65.7 Å². The molecule has 0 saturated carbocycles. The molecule has 14 heteroatoms. The molecular weight excluding hydrogens is 646 g/mol. The molecule has 2 fully saturated rings. The van der Waals surface area contributed by atoms with Crippen LogP contribution in [0.3, 0.4) is 0 Å². The van der Waals surface area contributed by atoms with Crippen LogP contribution in [0.5, 0.6) is 5.75 Å². The van der Waals surface area contributed by atoms with E-state index in [4.69, 9.17) is 35.3 Å². The van der Waals surface area contributed by atoms with Crippen molar-refractivity contribution in [1.29, 1.82) is 0 Å². The smallest absolute Gasteiger partial charge is 0.409 e. The number of carbonyl (C=O) groups is 4. The molecule has 2 N–H and O–H groups in total. The van der Waals surface area contributed by atoms with Gasteiger partial charge in [-0.1, -0.05) is 42.3 Å². The van der Waals surface area contributed by atoms with Crippen LogP contribution in [0, 0.1) is 5.92 Å². The molecule has 264 valence electrons. The Morgan fingerprint density at radius 3 is 2.56 bits per heavy atom. The lowest BCUT2D eigenvalue weighted by Gasteiger charge is -2.42. The molecule has 4 bridgehead atoms. The van der Waals surface area contributed by atoms with Gasteiger partial charge in [-0.15, -0.1) is 0 Å². The third kappa shape index (κ3) is 7.64. The minimum absolute atomic E-state index is 0.0436. The fourth-order valence-electron chi connectivity index (χ4n) is 6.27. The Morgan fingerprint density at radius 1 is 1.25 bits per heavy atom. The molecule has 4 rings (SSSR count). The van der Waals surface area contributed by atoms with Gasteiger partial charge in [0.15, 0.2) is 5.72 Å². The minimum Gasteiger partial charge on any atom is -0.495 e. The van der Waals surface area contributed by atoms with Crippen LogP contribution < -0.4 is 15.0 Å². The zero-order valence-electron chi connectivity index (χ0n) is 28.9. The number of amides is 3. The van der Waals surface area contributed by atoms with Gasteiger partial charge in [0, 0.05) is 40.5 Å². The molecule has 0 spiro atoms. The lowest BCUT2D eigenvalue weighted by molar-refractivity contribution is -0.161. The van der Waals surface area contributed by atoms with Crippen LogP contribution in [0.2, 0.25) is 5.02 Å². The number of esters is 1. The second kappa shape index (κ2) is 14.5. The van der Waals surface area contributed by atoms with Crippen LogP contribution in [0.1, 0.15) is 53.0 Å². The molecule has 2 saturated heterocycles. The van der Waals surface area contributed by atoms with Gasteiger partial charge in [-0.25, -0.2) is 9.59 Å². The van der Waals surface area contributed by atoms with Crippen LogP contribution in [0.4, 0.5) is 10.5 Å². The summed E-state index contributed by atoms with van der Waals surface area (Å²) < 4.78 is 28.9. The molecule has 3 heterocycles. The topological polar surface area (TPSA) is 156 Å². The number of ether oxygens (including phenoxy) is 5. The number of benzene rings is 1. The minimum atomic E-state index is -1.81. The number of rotatable bonds is 5. The van der Waals surface area contributed by atoms with E-state index in [1.807, 2.05) is 13.0 Å². The number of carbonyl (C=O) groups excluding carboxylic acids is 4. The fraction of sp³-hybridized carbons (Fsp3) is 0.588. The summed E-state index contributed by atoms with van der Waals surface area (Å²) in [6, 6.07) is 2.63. The average molecular weight is 692 g/mol. The number of nitrogens with zero attached hydrogens (tertiary/aromatic N) is 2. The number of epoxide rings is 1. The third-order valence-electron chi connectivity index (χ3n) is 9.63. The predicted molar refractivity (Wildman–Crippen MR) is 177 cm³/mol. The van der Waals surface area contributed by atoms with Gasteiger partial charge in [0.2, 0.25) is 11.8 Å². The maximum atomic E-state index is 14.0. The number of allylic oxidation sites excluding steroid dienone is 3. The van der Waals surface area contributed by atoms with Crippen molar-refractivity contribution in [3.63, 3.8) is 0 Å². The number of likely N-dealkylation sites (N-methyl/N-ethyl adjacent to an activating group) is 1. The molecule has 13 nitrogen and oxygen atoms in total. The van der Waals surface area contributed by atoms with Crippen molar-refractivity contribution in [3.05, 3.63) is 46.5 Å². The van der Waals surface area contributed by atoms with Gasteiger partial charge < -0.3 is 38.6 Å². The summed E-state index contributed by atoms with van der Waals surface area (Å²) in [6.07, 6.45) is 1.02. The SMILES string of the molecule is COc1cc2cc(c1Cl)N(C)C(=O)C[C@H](OC(=O)[C@@H](C)N(C)C(C)=O)[C@@]1(C)OC1[C@@H](C)[C@H]1C[C@](O)(NC(=O)O1)[C@@H](OC)/C=C\C=C(/C)C2. The number of hydrogen-bond acceptors (Lipinski definition) is 10. The molecule has 0 aliphatic carbocycles. The molecule has 0 radical (unpaired) electrons. The zero-order chi connectivity index (χ0) is 35.7. The Labute approximate surface area is 286 Å². The molecule has 3 aliphatic rings. The van der Waals surface area contributed by atoms with E-state index in [0.717, 1.165) is 11.1 Å². The zero-order valence-corrected chi connectivity index (χ0v) is 29.6. The van der Waals surface area contributed by atoms with Crippen molar-refractivity contribution in [2.24, 2.45) is 5.92 Å². The summed E-state index contributed by atoms with van der Waals surface area (Å²) >= 11 is 6.71. The Morgan fingerprint density at radius 2 is 1.94 bits per heavy atom. The number of nitrogens with one attached hydrogen (secondary N) is 1. The Kier molecular flexibility index (Phi) is 11.2. The number of alkyl carbamates (subject to hydrolysis) is 1. The van der Waals surface area contributed by atoms with E-state index in [1.165, 1.54) is 44.9 Å². The first-order valence-corrected chi connectivity index (χ1v) is 16.2. The predicted octanol–water partition coefficient (Wildman–Crippen LogP) is 3.53. The van der Waals surface area contributed by atoms with Gasteiger partial charge in [0.25, 0.3) is 0 Å². The monoisotopic (exact) mass is 691 g/mol. The maximum Gasteiger partial charge on any atom is 0.409 e. The summed E-state index contributed by atoms with van der Waals surface area (Å²) in [5.41, 5.74) is -0.871. The van der Waals surface area contributed by atoms with Crippen molar-refractivity contribution in [1.82, 2.24) is 10.2 Å². The van der Waals surface area contributed by atoms with Crippen molar-refractivity contribution >= 4 is 41.2 Å². The standard InChI is InChI=1S/C34H46ClN3O10/c1-18-11-10-12-26(45-9)34(43)17-25(46-32(42)36-34)19(2)30-33(5,48-30)27(47-31(41)20(3)37(6)21(4)39)16-28(40)38(7)23-14-22(13-18)15-24(44-8)29(23)35/h10-12,14-15,19-20,25-27,30,43H,13,16-17H2,1-9H3,(H,36,42)/b12-10-,18-11+/t19-,20+,25+,26-,27-,30?,33+,34+/m0/s1. The molecule has 0 aromatic heterocycles. The van der Waals surface area contributed by atoms with E-state index in [-0.39, 0.29) is 23.8 Å². The van der Waals surface area contributed by atoms with E-state index in [2.05, 4.69) is 5.32 Å². The van der Waals surface area contributed by atoms with Gasteiger partial charge >= 0.3 is 12.1 Å². The van der Waals surface area contributed by atoms with Crippen molar-refractivity contribution in [2.75, 3.05) is 33.2 Å². The van der Waals surface area contributed by atoms with Crippen LogP contribution in [0.25, 0.3) is 0 Å². The van der Waals surface area contributed by atoms with E-state index >= 15 is 0 Å². The molecule has 8 atom stereocenters. The highest BCUT2D eigenvalue weighted by atomic mass is 35.5. The van der Waals surface area contributed by atoms with Gasteiger partial charge in [0.1, 0.15) is 40.7 Å². The lowest BCUT2D eigenvalue weighted by atomic mass is 9.83. The van der Waals surface area contributed by atoms with Crippen LogP contribution in [-0.2, 0) is 39.8 Å². The highest BCUT2D eigenvalue weighted by Gasteiger charge is 2.64. The molecule has 48 heavy (non-hydrogen) atoms. The lowest BCUT2D eigenvalue weighted by Crippen LogP contribution is -2.63. The average Bonchev–Trinajstić information content (AvgIpc) is 3.73. The van der Waals surface area contributed by atoms with Gasteiger partial charge in [0.05, 0.1) is 25.3 Å². The van der Waals surface area contributed by atoms with Crippen LogP contribution >= 0.6 is 11.6 Å². The summed E-state index contributed by atoms with van der Waals surface area (Å²) in [6.45, 7) is 8.29. The van der Waals surface area contributed by atoms with Crippen LogP contribution in [0.15, 0.2) is 35.9 Å². The number of hydrogen-bond donors (Lipinski definition) is 2. The fourth-order valence-corrected chi connectivity index (χ4v) is 6.59. The Hall–Kier alpha value is -3.65. The number of methoxy groups -OCH3 is 2. The largest absolute Gasteiger partial charge is 0.495 e. The molecular formula is C34H46ClN3O10. The Bertz CT molecular complexity index is 1500. The quantitative estimate of drug-likeness (QED) is 0.346. The first kappa shape index (κ1) is 37.2. The maximum absolute atomic E-state index is 14.0. The molecule has 1 aromatic carbocycles. The highest BCUT2D eigenvalue weighted by molar-refractivity contribution is 6.35. The van der Waals surface area contributed by atoms with Crippen molar-refractivity contribution < 1.29 is 48.0 Å². The molecule has 1 unspecified atom stereocenters. The van der Waals surface area contributed by atoms with Crippen molar-refractivity contribution in [3.8, 4) is 5.75 Å². The first-order chi connectivity index (χ1) is 22.4. The van der Waals surface area contributed by atoms with Gasteiger partial charge in [-0.05, 0) is 44.9 Å². The number of fused-ring (bicyclic) bond motifs is 5. The number of halogens is 1. The highest BCUT2D eigenvalue weighted by Crippen LogP contribution is 2.49. The summed E-state index contributed by atoms with van der Waals surface area (Å²) in [5.74, 6) is -1.63. The van der Waals surface area contributed by atoms with E-state index in [0.29, 0.717) is 17.9 Å². The van der Waals surface area contributed by atoms with E-state index in [9.17, 15) is 24.3 Å². The number of anilines is 1. The second-order valence-electron chi connectivity index (χ2n) is 13.0. The number of aliphatic hydroxyl groups is 1. The Balaban J connectivity index is 1.80. The first-order valence-electron chi connectivity index (χ1n) is 15.8. The summed E-state index contributed by atoms with van der Waals surface area (Å²) in [4.78, 5) is 54.7. The molecule has 3 amide bonds. The van der Waals surface area contributed by atoms with Crippen molar-refractivity contribution in [2.45, 2.75) is 95.7 Å². The second-order valence-corrected chi connectivity index (χ2v) is 13.4.